The van der Waals surface area contributed by atoms with Gasteiger partial charge in [-0.25, -0.2) is 4.68 Å². The molecule has 4 nitrogen and oxygen atoms in total. The number of hydrogen-bond donors (Lipinski definition) is 2. The van der Waals surface area contributed by atoms with Crippen LogP contribution in [0.4, 0.5) is 0 Å². The van der Waals surface area contributed by atoms with Gasteiger partial charge in [0.2, 0.25) is 0 Å². The molecule has 1 aliphatic rings. The summed E-state index contributed by atoms with van der Waals surface area (Å²) in [7, 11) is 0. The number of benzene rings is 1. The third-order valence-electron chi connectivity index (χ3n) is 2.96. The first-order valence-corrected chi connectivity index (χ1v) is 5.33. The number of nitrogens with one attached hydrogen (secondary N) is 1. The summed E-state index contributed by atoms with van der Waals surface area (Å²) in [5.41, 5.74) is 4.45. The Morgan fingerprint density at radius 2 is 2.25 bits per heavy atom. The Kier molecular flexibility index (Phi) is 1.97. The van der Waals surface area contributed by atoms with E-state index in [9.17, 15) is 5.11 Å². The molecule has 0 aliphatic carbocycles. The Hall–Kier alpha value is -1.81. The van der Waals surface area contributed by atoms with Crippen LogP contribution >= 0.6 is 0 Å². The van der Waals surface area contributed by atoms with E-state index in [1.165, 1.54) is 11.3 Å². The van der Waals surface area contributed by atoms with Gasteiger partial charge >= 0.3 is 0 Å². The van der Waals surface area contributed by atoms with Crippen LogP contribution in [0, 0.1) is 6.92 Å². The molecule has 0 bridgehead atoms. The highest BCUT2D eigenvalue weighted by Gasteiger charge is 2.20. The molecule has 2 aromatic rings. The predicted molar refractivity (Wildman–Crippen MR) is 60.5 cm³/mol. The van der Waals surface area contributed by atoms with E-state index < -0.39 is 0 Å². The molecule has 0 fully saturated rings. The van der Waals surface area contributed by atoms with Gasteiger partial charge in [0.15, 0.2) is 0 Å². The Labute approximate surface area is 93.5 Å². The molecule has 0 amide bonds. The summed E-state index contributed by atoms with van der Waals surface area (Å²) in [5.74, 6) is 0.269. The molecular formula is C12H13N3O. The van der Waals surface area contributed by atoms with Crippen molar-refractivity contribution >= 4 is 0 Å². The second-order valence-corrected chi connectivity index (χ2v) is 4.05. The van der Waals surface area contributed by atoms with Crippen molar-refractivity contribution in [3.63, 3.8) is 0 Å². The normalized spacial score (nSPS) is 14.1. The zero-order valence-electron chi connectivity index (χ0n) is 9.07. The van der Waals surface area contributed by atoms with Crippen LogP contribution in [0.3, 0.4) is 0 Å². The fraction of sp³-hybridized carbons (Fsp3) is 0.250. The topological polar surface area (TPSA) is 50.1 Å². The van der Waals surface area contributed by atoms with Crippen molar-refractivity contribution in [2.45, 2.75) is 20.0 Å². The van der Waals surface area contributed by atoms with E-state index in [0.29, 0.717) is 0 Å². The minimum Gasteiger partial charge on any atom is -0.508 e. The lowest BCUT2D eigenvalue weighted by Gasteiger charge is -2.05. The fourth-order valence-corrected chi connectivity index (χ4v) is 2.16. The summed E-state index contributed by atoms with van der Waals surface area (Å²) in [6.07, 6.45) is 0. The number of phenolic OH excluding ortho intramolecular Hbond substituents is 1. The summed E-state index contributed by atoms with van der Waals surface area (Å²) >= 11 is 0. The number of nitrogens with zero attached hydrogens (tertiary/aromatic N) is 2. The van der Waals surface area contributed by atoms with Crippen LogP contribution in [0.1, 0.15) is 17.0 Å². The summed E-state index contributed by atoms with van der Waals surface area (Å²) in [6, 6.07) is 7.17. The van der Waals surface area contributed by atoms with Crippen LogP contribution in [0.25, 0.3) is 5.69 Å². The zero-order chi connectivity index (χ0) is 11.1. The molecule has 4 heteroatoms. The molecule has 1 aliphatic heterocycles. The van der Waals surface area contributed by atoms with Gasteiger partial charge in [0.25, 0.3) is 0 Å². The molecule has 3 rings (SSSR count). The summed E-state index contributed by atoms with van der Waals surface area (Å²) < 4.78 is 1.91. The molecule has 0 radical (unpaired) electrons. The average molecular weight is 215 g/mol. The van der Waals surface area contributed by atoms with E-state index >= 15 is 0 Å². The maximum Gasteiger partial charge on any atom is 0.117 e. The first-order chi connectivity index (χ1) is 7.75. The van der Waals surface area contributed by atoms with Gasteiger partial charge in [0.1, 0.15) is 5.75 Å². The number of hydrogen-bond acceptors (Lipinski definition) is 3. The number of aromatic nitrogens is 2. The fourth-order valence-electron chi connectivity index (χ4n) is 2.16. The van der Waals surface area contributed by atoms with E-state index in [1.807, 2.05) is 23.7 Å². The van der Waals surface area contributed by atoms with Crippen LogP contribution in [-0.4, -0.2) is 14.9 Å². The highest BCUT2D eigenvalue weighted by atomic mass is 16.3. The Bertz CT molecular complexity index is 545. The minimum atomic E-state index is 0.269. The molecule has 82 valence electrons. The maximum atomic E-state index is 9.47. The van der Waals surface area contributed by atoms with Gasteiger partial charge in [-0.3, -0.25) is 0 Å². The van der Waals surface area contributed by atoms with Crippen molar-refractivity contribution in [3.8, 4) is 11.4 Å². The number of aromatic hydroxyl groups is 1. The van der Waals surface area contributed by atoms with Crippen LogP contribution in [-0.2, 0) is 13.1 Å². The molecule has 16 heavy (non-hydrogen) atoms. The quantitative estimate of drug-likeness (QED) is 0.757. The Morgan fingerprint density at radius 3 is 3.06 bits per heavy atom. The van der Waals surface area contributed by atoms with Crippen molar-refractivity contribution in [1.29, 1.82) is 0 Å². The van der Waals surface area contributed by atoms with Crippen molar-refractivity contribution < 1.29 is 5.11 Å². The van der Waals surface area contributed by atoms with Gasteiger partial charge in [0.05, 0.1) is 17.1 Å². The lowest BCUT2D eigenvalue weighted by atomic mass is 10.2. The SMILES string of the molecule is Cc1nn(-c2cccc(O)c2)c2c1CNC2. The highest BCUT2D eigenvalue weighted by Crippen LogP contribution is 2.23. The van der Waals surface area contributed by atoms with Crippen LogP contribution in [0.2, 0.25) is 0 Å². The second kappa shape index (κ2) is 3.35. The maximum absolute atomic E-state index is 9.47. The molecule has 0 unspecified atom stereocenters. The summed E-state index contributed by atoms with van der Waals surface area (Å²) in [5, 5.41) is 17.3. The van der Waals surface area contributed by atoms with Crippen molar-refractivity contribution in [2.75, 3.05) is 0 Å². The van der Waals surface area contributed by atoms with Gasteiger partial charge in [-0.1, -0.05) is 6.07 Å². The smallest absolute Gasteiger partial charge is 0.117 e. The van der Waals surface area contributed by atoms with Gasteiger partial charge in [-0.15, -0.1) is 0 Å². The van der Waals surface area contributed by atoms with E-state index in [0.717, 1.165) is 24.5 Å². The summed E-state index contributed by atoms with van der Waals surface area (Å²) in [4.78, 5) is 0. The standard InChI is InChI=1S/C12H13N3O/c1-8-11-6-13-7-12(11)15(14-8)9-3-2-4-10(16)5-9/h2-5,13,16H,6-7H2,1H3. The second-order valence-electron chi connectivity index (χ2n) is 4.05. The first-order valence-electron chi connectivity index (χ1n) is 5.33. The van der Waals surface area contributed by atoms with Gasteiger partial charge in [-0.2, -0.15) is 5.10 Å². The largest absolute Gasteiger partial charge is 0.508 e. The lowest BCUT2D eigenvalue weighted by Crippen LogP contribution is -2.07. The number of phenols is 1. The van der Waals surface area contributed by atoms with Crippen molar-refractivity contribution in [2.24, 2.45) is 0 Å². The summed E-state index contributed by atoms with van der Waals surface area (Å²) in [6.45, 7) is 3.75. The first kappa shape index (κ1) is 9.42. The monoisotopic (exact) mass is 215 g/mol. The number of fused-ring (bicyclic) bond motifs is 1. The van der Waals surface area contributed by atoms with Crippen LogP contribution < -0.4 is 5.32 Å². The molecular weight excluding hydrogens is 202 g/mol. The zero-order valence-corrected chi connectivity index (χ0v) is 9.07. The highest BCUT2D eigenvalue weighted by molar-refractivity contribution is 5.42. The molecule has 2 N–H and O–H groups in total. The van der Waals surface area contributed by atoms with Gasteiger partial charge < -0.3 is 10.4 Å². The number of aryl methyl sites for hydroxylation is 1. The van der Waals surface area contributed by atoms with E-state index in [-0.39, 0.29) is 5.75 Å². The Morgan fingerprint density at radius 1 is 1.38 bits per heavy atom. The molecule has 2 heterocycles. The van der Waals surface area contributed by atoms with Crippen LogP contribution in [0.5, 0.6) is 5.75 Å². The Balaban J connectivity index is 2.17. The molecule has 1 aromatic heterocycles. The van der Waals surface area contributed by atoms with E-state index in [1.54, 1.807) is 12.1 Å². The predicted octanol–water partition coefficient (Wildman–Crippen LogP) is 1.49. The van der Waals surface area contributed by atoms with Crippen molar-refractivity contribution in [3.05, 3.63) is 41.2 Å². The third-order valence-corrected chi connectivity index (χ3v) is 2.96. The molecule has 0 saturated heterocycles. The molecule has 0 spiro atoms. The van der Waals surface area contributed by atoms with Gasteiger partial charge in [-0.05, 0) is 19.1 Å². The third kappa shape index (κ3) is 1.31. The molecule has 1 aromatic carbocycles. The number of rotatable bonds is 1. The van der Waals surface area contributed by atoms with Gasteiger partial charge in [0, 0.05) is 24.7 Å². The average Bonchev–Trinajstić information content (AvgIpc) is 2.83. The van der Waals surface area contributed by atoms with Crippen LogP contribution in [0.15, 0.2) is 24.3 Å². The molecule has 0 saturated carbocycles. The molecule has 0 atom stereocenters. The minimum absolute atomic E-state index is 0.269. The van der Waals surface area contributed by atoms with E-state index in [4.69, 9.17) is 0 Å². The van der Waals surface area contributed by atoms with E-state index in [2.05, 4.69) is 10.4 Å². The van der Waals surface area contributed by atoms with Crippen molar-refractivity contribution in [1.82, 2.24) is 15.1 Å². The lowest BCUT2D eigenvalue weighted by molar-refractivity contribution is 0.474.